The molecule has 0 bridgehead atoms. The van der Waals surface area contributed by atoms with E-state index in [1.165, 1.54) is 0 Å². The van der Waals surface area contributed by atoms with Gasteiger partial charge in [0.25, 0.3) is 5.91 Å². The molecular weight excluding hydrogens is 398 g/mol. The molecular formula is C20H12ClN3O3S. The minimum atomic E-state index is -1.12. The molecule has 2 heterocycles. The van der Waals surface area contributed by atoms with E-state index in [-0.39, 0.29) is 10.6 Å². The van der Waals surface area contributed by atoms with Crippen LogP contribution in [0.4, 0.5) is 5.00 Å². The molecule has 138 valence electrons. The van der Waals surface area contributed by atoms with Crippen molar-refractivity contribution in [2.75, 3.05) is 5.32 Å². The van der Waals surface area contributed by atoms with Gasteiger partial charge in [0.15, 0.2) is 0 Å². The lowest BCUT2D eigenvalue weighted by Gasteiger charge is -2.07. The number of carbonyl (C=O) groups is 2. The molecule has 6 nitrogen and oxygen atoms in total. The molecule has 0 radical (unpaired) electrons. The molecule has 0 spiro atoms. The summed E-state index contributed by atoms with van der Waals surface area (Å²) < 4.78 is 0. The van der Waals surface area contributed by atoms with Crippen LogP contribution in [0.25, 0.3) is 22.2 Å². The quantitative estimate of drug-likeness (QED) is 0.496. The number of hydrogen-bond acceptors (Lipinski definition) is 5. The van der Waals surface area contributed by atoms with Crippen molar-refractivity contribution >= 4 is 50.8 Å². The lowest BCUT2D eigenvalue weighted by molar-refractivity contribution is 0.0699. The number of halogens is 1. The number of amides is 1. The normalized spacial score (nSPS) is 10.8. The first-order chi connectivity index (χ1) is 13.5. The Balaban J connectivity index is 1.68. The summed E-state index contributed by atoms with van der Waals surface area (Å²) in [4.78, 5) is 32.9. The van der Waals surface area contributed by atoms with Crippen LogP contribution in [0.3, 0.4) is 0 Å². The van der Waals surface area contributed by atoms with Gasteiger partial charge in [-0.2, -0.15) is 0 Å². The Labute approximate surface area is 168 Å². The van der Waals surface area contributed by atoms with Gasteiger partial charge in [-0.1, -0.05) is 23.7 Å². The van der Waals surface area contributed by atoms with Crippen LogP contribution in [0.5, 0.6) is 0 Å². The molecule has 8 heteroatoms. The van der Waals surface area contributed by atoms with Gasteiger partial charge in [0, 0.05) is 33.9 Å². The fourth-order valence-corrected chi connectivity index (χ4v) is 3.87. The zero-order valence-electron chi connectivity index (χ0n) is 14.2. The molecule has 1 amide bonds. The van der Waals surface area contributed by atoms with Crippen molar-refractivity contribution in [3.05, 3.63) is 76.4 Å². The Morgan fingerprint density at radius 2 is 1.71 bits per heavy atom. The van der Waals surface area contributed by atoms with Crippen LogP contribution >= 0.6 is 22.9 Å². The molecule has 28 heavy (non-hydrogen) atoms. The second-order valence-corrected chi connectivity index (χ2v) is 7.20. The molecule has 0 aliphatic carbocycles. The van der Waals surface area contributed by atoms with Crippen molar-refractivity contribution in [1.29, 1.82) is 0 Å². The zero-order chi connectivity index (χ0) is 19.7. The van der Waals surface area contributed by atoms with Crippen LogP contribution in [-0.4, -0.2) is 27.0 Å². The Kier molecular flexibility index (Phi) is 4.77. The third kappa shape index (κ3) is 3.45. The van der Waals surface area contributed by atoms with E-state index in [0.29, 0.717) is 32.7 Å². The Hall–Kier alpha value is -3.29. The van der Waals surface area contributed by atoms with Gasteiger partial charge < -0.3 is 10.4 Å². The summed E-state index contributed by atoms with van der Waals surface area (Å²) in [5.41, 5.74) is 2.90. The highest BCUT2D eigenvalue weighted by atomic mass is 35.5. The summed E-state index contributed by atoms with van der Waals surface area (Å²) in [5.74, 6) is -1.54. The highest BCUT2D eigenvalue weighted by Crippen LogP contribution is 2.36. The fraction of sp³-hybridized carbons (Fsp3) is 0. The van der Waals surface area contributed by atoms with Crippen molar-refractivity contribution in [3.63, 3.8) is 0 Å². The number of aromatic carboxylic acids is 1. The lowest BCUT2D eigenvalue weighted by atomic mass is 10.0. The highest BCUT2D eigenvalue weighted by molar-refractivity contribution is 7.15. The maximum atomic E-state index is 12.7. The van der Waals surface area contributed by atoms with E-state index in [1.54, 1.807) is 60.2 Å². The standard InChI is InChI=1S/C20H12ClN3O3S/c21-13-4-1-11(2-5-13)14-10-28-19(17(14)20(26)27)24-18(25)12-3-6-15-16(9-12)23-8-7-22-15/h1-10H,(H,24,25)(H,26,27). The number of fused-ring (bicyclic) bond motifs is 1. The number of nitrogens with zero attached hydrogens (tertiary/aromatic N) is 2. The molecule has 0 fully saturated rings. The average molecular weight is 410 g/mol. The molecule has 2 aromatic carbocycles. The van der Waals surface area contributed by atoms with Crippen LogP contribution in [0.2, 0.25) is 5.02 Å². The minimum absolute atomic E-state index is 0.0428. The minimum Gasteiger partial charge on any atom is -0.478 e. The molecule has 0 saturated carbocycles. The van der Waals surface area contributed by atoms with Gasteiger partial charge in [-0.3, -0.25) is 14.8 Å². The molecule has 0 unspecified atom stereocenters. The first-order valence-electron chi connectivity index (χ1n) is 8.16. The van der Waals surface area contributed by atoms with Crippen molar-refractivity contribution in [3.8, 4) is 11.1 Å². The first-order valence-corrected chi connectivity index (χ1v) is 9.41. The van der Waals surface area contributed by atoms with E-state index >= 15 is 0 Å². The van der Waals surface area contributed by atoms with E-state index in [2.05, 4.69) is 15.3 Å². The molecule has 4 aromatic rings. The molecule has 0 aliphatic rings. The summed E-state index contributed by atoms with van der Waals surface area (Å²) in [5, 5.41) is 14.9. The second kappa shape index (κ2) is 7.38. The third-order valence-corrected chi connectivity index (χ3v) is 5.27. The number of carboxylic acids is 1. The highest BCUT2D eigenvalue weighted by Gasteiger charge is 2.21. The predicted molar refractivity (Wildman–Crippen MR) is 109 cm³/mol. The number of hydrogen-bond donors (Lipinski definition) is 2. The van der Waals surface area contributed by atoms with E-state index in [0.717, 1.165) is 11.3 Å². The first kappa shape index (κ1) is 18.1. The number of carbonyl (C=O) groups excluding carboxylic acids is 1. The van der Waals surface area contributed by atoms with Crippen molar-refractivity contribution in [2.24, 2.45) is 0 Å². The number of nitrogens with one attached hydrogen (secondary N) is 1. The maximum Gasteiger partial charge on any atom is 0.339 e. The fourth-order valence-electron chi connectivity index (χ4n) is 2.78. The Bertz CT molecular complexity index is 1210. The molecule has 0 aliphatic heterocycles. The SMILES string of the molecule is O=C(Nc1scc(-c2ccc(Cl)cc2)c1C(=O)O)c1ccc2nccnc2c1. The molecule has 2 N–H and O–H groups in total. The van der Waals surface area contributed by atoms with E-state index in [9.17, 15) is 14.7 Å². The van der Waals surface area contributed by atoms with Gasteiger partial charge in [0.05, 0.1) is 11.0 Å². The number of thiophene rings is 1. The lowest BCUT2D eigenvalue weighted by Crippen LogP contribution is -2.13. The zero-order valence-corrected chi connectivity index (χ0v) is 15.8. The van der Waals surface area contributed by atoms with Gasteiger partial charge in [0.2, 0.25) is 0 Å². The van der Waals surface area contributed by atoms with Crippen molar-refractivity contribution in [2.45, 2.75) is 0 Å². The predicted octanol–water partition coefficient (Wildman–Crippen LogP) is 4.96. The second-order valence-electron chi connectivity index (χ2n) is 5.88. The molecule has 4 rings (SSSR count). The number of carboxylic acid groups (broad SMARTS) is 1. The van der Waals surface area contributed by atoms with E-state index in [4.69, 9.17) is 11.6 Å². The summed E-state index contributed by atoms with van der Waals surface area (Å²) in [7, 11) is 0. The maximum absolute atomic E-state index is 12.7. The topological polar surface area (TPSA) is 92.2 Å². The Morgan fingerprint density at radius 1 is 1.00 bits per heavy atom. The van der Waals surface area contributed by atoms with Gasteiger partial charge in [-0.15, -0.1) is 11.3 Å². The molecule has 2 aromatic heterocycles. The largest absolute Gasteiger partial charge is 0.478 e. The van der Waals surface area contributed by atoms with Crippen LogP contribution in [0, 0.1) is 0 Å². The summed E-state index contributed by atoms with van der Waals surface area (Å²) >= 11 is 7.06. The third-order valence-electron chi connectivity index (χ3n) is 4.12. The number of anilines is 1. The van der Waals surface area contributed by atoms with Gasteiger partial charge in [-0.25, -0.2) is 4.79 Å². The van der Waals surface area contributed by atoms with Crippen LogP contribution < -0.4 is 5.32 Å². The van der Waals surface area contributed by atoms with Crippen LogP contribution in [-0.2, 0) is 0 Å². The van der Waals surface area contributed by atoms with E-state index in [1.807, 2.05) is 0 Å². The van der Waals surface area contributed by atoms with Crippen LogP contribution in [0.15, 0.2) is 60.2 Å². The smallest absolute Gasteiger partial charge is 0.339 e. The summed E-state index contributed by atoms with van der Waals surface area (Å²) in [6.07, 6.45) is 3.12. The Morgan fingerprint density at radius 3 is 2.43 bits per heavy atom. The van der Waals surface area contributed by atoms with Crippen molar-refractivity contribution in [1.82, 2.24) is 9.97 Å². The van der Waals surface area contributed by atoms with Gasteiger partial charge in [-0.05, 0) is 35.9 Å². The van der Waals surface area contributed by atoms with Gasteiger partial charge >= 0.3 is 5.97 Å². The number of rotatable bonds is 4. The summed E-state index contributed by atoms with van der Waals surface area (Å²) in [6.45, 7) is 0. The van der Waals surface area contributed by atoms with E-state index < -0.39 is 11.9 Å². The van der Waals surface area contributed by atoms with Crippen LogP contribution in [0.1, 0.15) is 20.7 Å². The number of aromatic nitrogens is 2. The summed E-state index contributed by atoms with van der Waals surface area (Å²) in [6, 6.07) is 11.8. The molecule has 0 atom stereocenters. The molecule has 0 saturated heterocycles. The monoisotopic (exact) mass is 409 g/mol. The number of benzene rings is 2. The van der Waals surface area contributed by atoms with Gasteiger partial charge in [0.1, 0.15) is 10.6 Å². The average Bonchev–Trinajstić information content (AvgIpc) is 3.12. The van der Waals surface area contributed by atoms with Crippen molar-refractivity contribution < 1.29 is 14.7 Å².